The van der Waals surface area contributed by atoms with Crippen LogP contribution in [0.15, 0.2) is 73.1 Å². The van der Waals surface area contributed by atoms with Crippen molar-refractivity contribution < 1.29 is 19.1 Å². The van der Waals surface area contributed by atoms with Crippen molar-refractivity contribution in [1.29, 1.82) is 0 Å². The van der Waals surface area contributed by atoms with Gasteiger partial charge in [-0.1, -0.05) is 41.9 Å². The average Bonchev–Trinajstić information content (AvgIpc) is 3.50. The number of carbonyl (C=O) groups is 3. The van der Waals surface area contributed by atoms with E-state index in [0.29, 0.717) is 35.8 Å². The van der Waals surface area contributed by atoms with Gasteiger partial charge in [0, 0.05) is 29.4 Å². The molecule has 1 aromatic heterocycles. The van der Waals surface area contributed by atoms with Crippen LogP contribution in [-0.4, -0.2) is 56.7 Å². The van der Waals surface area contributed by atoms with Crippen molar-refractivity contribution >= 4 is 40.9 Å². The number of carbonyl (C=O) groups excluding carboxylic acids is 3. The van der Waals surface area contributed by atoms with Crippen LogP contribution in [0.1, 0.15) is 29.2 Å². The first-order chi connectivity index (χ1) is 19.4. The summed E-state index contributed by atoms with van der Waals surface area (Å²) in [6, 6.07) is 18.8. The highest BCUT2D eigenvalue weighted by molar-refractivity contribution is 6.30. The molecule has 5 rings (SSSR count). The van der Waals surface area contributed by atoms with E-state index in [1.165, 1.54) is 18.1 Å². The van der Waals surface area contributed by atoms with E-state index in [4.69, 9.17) is 11.6 Å². The summed E-state index contributed by atoms with van der Waals surface area (Å²) in [6.45, 7) is 0.396. The SMILES string of the molecule is COC(=O)Nc1cccc(NC(=O)[C@@H]2c3ccccc3CCN2C(=O)CCc2cc(Cl)ccc2-n2cnnn2)c1. The Morgan fingerprint density at radius 3 is 2.60 bits per heavy atom. The van der Waals surface area contributed by atoms with Crippen LogP contribution in [0.5, 0.6) is 0 Å². The number of nitrogens with zero attached hydrogens (tertiary/aromatic N) is 5. The summed E-state index contributed by atoms with van der Waals surface area (Å²) in [5.74, 6) is -0.522. The average molecular weight is 560 g/mol. The molecule has 2 N–H and O–H groups in total. The number of rotatable bonds is 7. The van der Waals surface area contributed by atoms with Crippen LogP contribution in [0.2, 0.25) is 5.02 Å². The van der Waals surface area contributed by atoms with Gasteiger partial charge in [-0.3, -0.25) is 14.9 Å². The van der Waals surface area contributed by atoms with Crippen LogP contribution < -0.4 is 10.6 Å². The molecule has 11 nitrogen and oxygen atoms in total. The number of benzene rings is 3. The highest BCUT2D eigenvalue weighted by Gasteiger charge is 2.35. The predicted octanol–water partition coefficient (Wildman–Crippen LogP) is 4.19. The molecular formula is C28H26ClN7O4. The van der Waals surface area contributed by atoms with Crippen LogP contribution in [0.3, 0.4) is 0 Å². The molecule has 4 aromatic rings. The van der Waals surface area contributed by atoms with Crippen molar-refractivity contribution in [3.05, 3.63) is 94.8 Å². The topological polar surface area (TPSA) is 131 Å². The van der Waals surface area contributed by atoms with Crippen LogP contribution in [-0.2, 0) is 27.2 Å². The Balaban J connectivity index is 1.37. The maximum Gasteiger partial charge on any atom is 0.411 e. The summed E-state index contributed by atoms with van der Waals surface area (Å²) in [7, 11) is 1.27. The van der Waals surface area contributed by atoms with Gasteiger partial charge in [0.05, 0.1) is 12.8 Å². The second-order valence-electron chi connectivity index (χ2n) is 9.15. The molecule has 1 atom stereocenters. The Hall–Kier alpha value is -4.77. The standard InChI is InChI=1S/C28H26ClN7O4/c1-40-28(39)32-22-7-4-6-21(16-22)31-27(38)26-23-8-3-2-5-18(23)13-14-35(26)25(37)12-9-19-15-20(29)10-11-24(19)36-17-30-33-34-36/h2-8,10-11,15-17,26H,9,12-14H2,1H3,(H,31,38)(H,32,39)/t26-/m0/s1. The zero-order chi connectivity index (χ0) is 28.1. The van der Waals surface area contributed by atoms with Crippen LogP contribution in [0, 0.1) is 0 Å². The molecule has 0 saturated heterocycles. The number of amides is 3. The molecule has 12 heteroatoms. The number of aryl methyl sites for hydroxylation is 1. The fraction of sp³-hybridized carbons (Fsp3) is 0.214. The molecule has 0 unspecified atom stereocenters. The van der Waals surface area contributed by atoms with E-state index in [2.05, 4.69) is 30.9 Å². The molecule has 0 fully saturated rings. The first kappa shape index (κ1) is 26.8. The van der Waals surface area contributed by atoms with Gasteiger partial charge >= 0.3 is 6.09 Å². The summed E-state index contributed by atoms with van der Waals surface area (Å²) in [4.78, 5) is 40.6. The molecule has 0 spiro atoms. The Kier molecular flexibility index (Phi) is 8.02. The summed E-state index contributed by atoms with van der Waals surface area (Å²) in [5.41, 5.74) is 4.26. The van der Waals surface area contributed by atoms with Crippen molar-refractivity contribution in [2.24, 2.45) is 0 Å². The monoisotopic (exact) mass is 559 g/mol. The first-order valence-electron chi connectivity index (χ1n) is 12.6. The van der Waals surface area contributed by atoms with Gasteiger partial charge in [0.1, 0.15) is 12.4 Å². The second kappa shape index (κ2) is 12.0. The minimum Gasteiger partial charge on any atom is -0.453 e. The van der Waals surface area contributed by atoms with E-state index in [1.54, 1.807) is 47.4 Å². The number of aromatic nitrogens is 4. The summed E-state index contributed by atoms with van der Waals surface area (Å²) in [6.07, 6.45) is 2.02. The third kappa shape index (κ3) is 5.94. The Morgan fingerprint density at radius 1 is 1.02 bits per heavy atom. The van der Waals surface area contributed by atoms with E-state index >= 15 is 0 Å². The lowest BCUT2D eigenvalue weighted by Gasteiger charge is -2.36. The van der Waals surface area contributed by atoms with Crippen molar-refractivity contribution in [3.8, 4) is 5.69 Å². The Labute approximate surface area is 235 Å². The lowest BCUT2D eigenvalue weighted by atomic mass is 9.91. The molecule has 0 radical (unpaired) electrons. The van der Waals surface area contributed by atoms with Crippen LogP contribution in [0.4, 0.5) is 16.2 Å². The van der Waals surface area contributed by atoms with E-state index in [9.17, 15) is 14.4 Å². The van der Waals surface area contributed by atoms with Gasteiger partial charge in [0.15, 0.2) is 0 Å². The van der Waals surface area contributed by atoms with Gasteiger partial charge < -0.3 is 15.0 Å². The van der Waals surface area contributed by atoms with Crippen molar-refractivity contribution in [1.82, 2.24) is 25.1 Å². The van der Waals surface area contributed by atoms with Crippen LogP contribution in [0.25, 0.3) is 5.69 Å². The smallest absolute Gasteiger partial charge is 0.411 e. The Bertz CT molecular complexity index is 1540. The number of hydrogen-bond acceptors (Lipinski definition) is 7. The lowest BCUT2D eigenvalue weighted by Crippen LogP contribution is -2.45. The number of nitrogens with one attached hydrogen (secondary N) is 2. The van der Waals surface area contributed by atoms with Gasteiger partial charge in [-0.15, -0.1) is 5.10 Å². The molecule has 204 valence electrons. The minimum atomic E-state index is -0.826. The molecule has 3 amide bonds. The zero-order valence-corrected chi connectivity index (χ0v) is 22.3. The normalized spacial score (nSPS) is 14.2. The molecule has 2 heterocycles. The minimum absolute atomic E-state index is 0.153. The number of tetrazole rings is 1. The lowest BCUT2D eigenvalue weighted by molar-refractivity contribution is -0.139. The quantitative estimate of drug-likeness (QED) is 0.347. The molecule has 1 aliphatic heterocycles. The van der Waals surface area contributed by atoms with Gasteiger partial charge in [0.25, 0.3) is 5.91 Å². The first-order valence-corrected chi connectivity index (χ1v) is 13.0. The predicted molar refractivity (Wildman–Crippen MR) is 148 cm³/mol. The van der Waals surface area contributed by atoms with Crippen LogP contribution >= 0.6 is 11.6 Å². The maximum absolute atomic E-state index is 13.7. The van der Waals surface area contributed by atoms with Crippen molar-refractivity contribution in [3.63, 3.8) is 0 Å². The number of fused-ring (bicyclic) bond motifs is 1. The van der Waals surface area contributed by atoms with E-state index in [-0.39, 0.29) is 18.2 Å². The summed E-state index contributed by atoms with van der Waals surface area (Å²) in [5, 5.41) is 17.4. The number of halogens is 1. The Morgan fingerprint density at radius 2 is 1.82 bits per heavy atom. The van der Waals surface area contributed by atoms with Gasteiger partial charge in [-0.05, 0) is 76.4 Å². The number of hydrogen-bond donors (Lipinski definition) is 2. The highest BCUT2D eigenvalue weighted by Crippen LogP contribution is 2.32. The zero-order valence-electron chi connectivity index (χ0n) is 21.6. The van der Waals surface area contributed by atoms with E-state index in [0.717, 1.165) is 22.4 Å². The molecule has 1 aliphatic rings. The summed E-state index contributed by atoms with van der Waals surface area (Å²) >= 11 is 6.25. The molecule has 0 saturated carbocycles. The van der Waals surface area contributed by atoms with Gasteiger partial charge in [0.2, 0.25) is 5.91 Å². The van der Waals surface area contributed by atoms with Crippen molar-refractivity contribution in [2.45, 2.75) is 25.3 Å². The molecule has 3 aromatic carbocycles. The van der Waals surface area contributed by atoms with Gasteiger partial charge in [-0.2, -0.15) is 0 Å². The molecule has 40 heavy (non-hydrogen) atoms. The number of anilines is 2. The summed E-state index contributed by atoms with van der Waals surface area (Å²) < 4.78 is 6.16. The largest absolute Gasteiger partial charge is 0.453 e. The van der Waals surface area contributed by atoms with Gasteiger partial charge in [-0.25, -0.2) is 9.48 Å². The van der Waals surface area contributed by atoms with Crippen molar-refractivity contribution in [2.75, 3.05) is 24.3 Å². The molecular weight excluding hydrogens is 534 g/mol. The number of methoxy groups -OCH3 is 1. The fourth-order valence-electron chi connectivity index (χ4n) is 4.81. The molecule has 0 aliphatic carbocycles. The highest BCUT2D eigenvalue weighted by atomic mass is 35.5. The van der Waals surface area contributed by atoms with E-state index < -0.39 is 12.1 Å². The fourth-order valence-corrected chi connectivity index (χ4v) is 5.00. The number of ether oxygens (including phenoxy) is 1. The second-order valence-corrected chi connectivity index (χ2v) is 9.59. The maximum atomic E-state index is 13.7. The van der Waals surface area contributed by atoms with E-state index in [1.807, 2.05) is 24.3 Å². The molecule has 0 bridgehead atoms. The third-order valence-corrected chi connectivity index (χ3v) is 6.89. The third-order valence-electron chi connectivity index (χ3n) is 6.66.